The van der Waals surface area contributed by atoms with Crippen molar-refractivity contribution in [2.45, 2.75) is 57.7 Å². The number of carboxylic acids is 1. The monoisotopic (exact) mass is 297 g/mol. The van der Waals surface area contributed by atoms with E-state index in [1.807, 2.05) is 18.7 Å². The van der Waals surface area contributed by atoms with Gasteiger partial charge in [-0.3, -0.25) is 14.5 Å². The highest BCUT2D eigenvalue weighted by Crippen LogP contribution is 2.26. The molecule has 2 heterocycles. The van der Waals surface area contributed by atoms with E-state index in [2.05, 4.69) is 4.90 Å². The van der Waals surface area contributed by atoms with Gasteiger partial charge in [-0.05, 0) is 38.1 Å². The molecule has 3 N–H and O–H groups in total. The Kier molecular flexibility index (Phi) is 5.22. The summed E-state index contributed by atoms with van der Waals surface area (Å²) in [6.45, 7) is 6.15. The number of hydrogen-bond acceptors (Lipinski definition) is 4. The second-order valence-electron chi connectivity index (χ2n) is 6.56. The lowest BCUT2D eigenvalue weighted by Gasteiger charge is -2.39. The second-order valence-corrected chi connectivity index (χ2v) is 6.56. The zero-order valence-corrected chi connectivity index (χ0v) is 13.0. The van der Waals surface area contributed by atoms with Crippen molar-refractivity contribution in [3.63, 3.8) is 0 Å². The first-order valence-corrected chi connectivity index (χ1v) is 7.94. The molecule has 2 fully saturated rings. The topological polar surface area (TPSA) is 86.9 Å². The molecule has 0 aliphatic carbocycles. The third kappa shape index (κ3) is 3.55. The van der Waals surface area contributed by atoms with Crippen LogP contribution >= 0.6 is 0 Å². The Morgan fingerprint density at radius 2 is 1.76 bits per heavy atom. The normalized spacial score (nSPS) is 26.3. The van der Waals surface area contributed by atoms with Crippen molar-refractivity contribution in [3.05, 3.63) is 0 Å². The molecule has 1 amide bonds. The molecule has 2 saturated heterocycles. The summed E-state index contributed by atoms with van der Waals surface area (Å²) >= 11 is 0. The van der Waals surface area contributed by atoms with Crippen molar-refractivity contribution in [2.24, 2.45) is 11.7 Å². The van der Waals surface area contributed by atoms with Crippen LogP contribution in [-0.2, 0) is 9.59 Å². The molecule has 6 nitrogen and oxygen atoms in total. The fourth-order valence-corrected chi connectivity index (χ4v) is 3.41. The average Bonchev–Trinajstić information content (AvgIpc) is 2.95. The molecule has 0 aromatic heterocycles. The number of hydrogen-bond donors (Lipinski definition) is 2. The van der Waals surface area contributed by atoms with Crippen LogP contribution in [0.5, 0.6) is 0 Å². The zero-order valence-electron chi connectivity index (χ0n) is 13.0. The van der Waals surface area contributed by atoms with Gasteiger partial charge in [-0.2, -0.15) is 0 Å². The van der Waals surface area contributed by atoms with E-state index in [-0.39, 0.29) is 23.9 Å². The van der Waals surface area contributed by atoms with Gasteiger partial charge in [-0.25, -0.2) is 0 Å². The molecule has 2 aliphatic rings. The molecule has 21 heavy (non-hydrogen) atoms. The average molecular weight is 297 g/mol. The molecule has 0 aromatic carbocycles. The van der Waals surface area contributed by atoms with Crippen LogP contribution in [0.25, 0.3) is 0 Å². The van der Waals surface area contributed by atoms with Gasteiger partial charge >= 0.3 is 5.97 Å². The molecule has 2 rings (SSSR count). The molecule has 0 radical (unpaired) electrons. The lowest BCUT2D eigenvalue weighted by molar-refractivity contribution is -0.144. The number of carbonyl (C=O) groups excluding carboxylic acids is 1. The van der Waals surface area contributed by atoms with Gasteiger partial charge < -0.3 is 15.7 Å². The number of rotatable bonds is 4. The van der Waals surface area contributed by atoms with E-state index in [1.54, 1.807) is 0 Å². The van der Waals surface area contributed by atoms with Crippen molar-refractivity contribution in [1.82, 2.24) is 9.80 Å². The van der Waals surface area contributed by atoms with Gasteiger partial charge in [0.15, 0.2) is 0 Å². The van der Waals surface area contributed by atoms with Crippen molar-refractivity contribution < 1.29 is 14.7 Å². The fourth-order valence-electron chi connectivity index (χ4n) is 3.41. The highest BCUT2D eigenvalue weighted by atomic mass is 16.4. The van der Waals surface area contributed by atoms with E-state index in [4.69, 9.17) is 5.73 Å². The molecule has 0 saturated carbocycles. The highest BCUT2D eigenvalue weighted by molar-refractivity contribution is 5.82. The van der Waals surface area contributed by atoms with Crippen molar-refractivity contribution in [1.29, 1.82) is 0 Å². The third-order valence-corrected chi connectivity index (χ3v) is 4.83. The Morgan fingerprint density at radius 1 is 1.14 bits per heavy atom. The fraction of sp³-hybridized carbons (Fsp3) is 0.867. The van der Waals surface area contributed by atoms with Crippen molar-refractivity contribution >= 4 is 11.9 Å². The van der Waals surface area contributed by atoms with Crippen LogP contribution in [0.4, 0.5) is 0 Å². The van der Waals surface area contributed by atoms with Crippen LogP contribution in [0.1, 0.15) is 39.5 Å². The predicted octanol–water partition coefficient (Wildman–Crippen LogP) is 0.510. The third-order valence-electron chi connectivity index (χ3n) is 4.83. The largest absolute Gasteiger partial charge is 0.480 e. The van der Waals surface area contributed by atoms with Gasteiger partial charge in [0.25, 0.3) is 0 Å². The van der Waals surface area contributed by atoms with Crippen LogP contribution in [0.2, 0.25) is 0 Å². The van der Waals surface area contributed by atoms with E-state index >= 15 is 0 Å². The van der Waals surface area contributed by atoms with Gasteiger partial charge in [0.1, 0.15) is 6.04 Å². The lowest BCUT2D eigenvalue weighted by atomic mass is 9.99. The zero-order chi connectivity index (χ0) is 15.6. The quantitative estimate of drug-likeness (QED) is 0.789. The minimum atomic E-state index is -0.715. The summed E-state index contributed by atoms with van der Waals surface area (Å²) < 4.78 is 0. The van der Waals surface area contributed by atoms with Crippen LogP contribution in [0.15, 0.2) is 0 Å². The Morgan fingerprint density at radius 3 is 2.29 bits per heavy atom. The predicted molar refractivity (Wildman–Crippen MR) is 79.8 cm³/mol. The Labute approximate surface area is 126 Å². The van der Waals surface area contributed by atoms with Gasteiger partial charge in [-0.1, -0.05) is 13.8 Å². The van der Waals surface area contributed by atoms with Crippen molar-refractivity contribution in [2.75, 3.05) is 19.6 Å². The standard InChI is InChI=1S/C15H27N3O3/c1-10(2)13(16)14(19)17-8-5-11(6-9-17)18-7-3-4-12(18)15(20)21/h10-13H,3-9,16H2,1-2H3,(H,20,21)/t12?,13-/m1/s1. The molecular formula is C15H27N3O3. The minimum absolute atomic E-state index is 0.0275. The maximum Gasteiger partial charge on any atom is 0.320 e. The number of carboxylic acid groups (broad SMARTS) is 1. The van der Waals surface area contributed by atoms with Crippen LogP contribution in [0.3, 0.4) is 0 Å². The molecule has 120 valence electrons. The van der Waals surface area contributed by atoms with Crippen LogP contribution in [0, 0.1) is 5.92 Å². The summed E-state index contributed by atoms with van der Waals surface area (Å²) in [7, 11) is 0. The SMILES string of the molecule is CC(C)[C@@H](N)C(=O)N1CCC(N2CCCC2C(=O)O)CC1. The van der Waals surface area contributed by atoms with Gasteiger partial charge in [-0.15, -0.1) is 0 Å². The number of carbonyl (C=O) groups is 2. The maximum atomic E-state index is 12.2. The number of nitrogens with zero attached hydrogens (tertiary/aromatic N) is 2. The molecule has 0 spiro atoms. The Balaban J connectivity index is 1.88. The van der Waals surface area contributed by atoms with E-state index in [0.29, 0.717) is 13.1 Å². The summed E-state index contributed by atoms with van der Waals surface area (Å²) in [5, 5.41) is 9.27. The molecule has 0 aromatic rings. The first kappa shape index (κ1) is 16.2. The van der Waals surface area contributed by atoms with Gasteiger partial charge in [0, 0.05) is 19.1 Å². The maximum absolute atomic E-state index is 12.2. The molecule has 2 atom stereocenters. The minimum Gasteiger partial charge on any atom is -0.480 e. The van der Waals surface area contributed by atoms with E-state index in [0.717, 1.165) is 32.2 Å². The van der Waals surface area contributed by atoms with Gasteiger partial charge in [0.2, 0.25) is 5.91 Å². The first-order valence-electron chi connectivity index (χ1n) is 7.94. The number of aliphatic carboxylic acids is 1. The first-order chi connectivity index (χ1) is 9.91. The smallest absolute Gasteiger partial charge is 0.320 e. The van der Waals surface area contributed by atoms with Crippen LogP contribution < -0.4 is 5.73 Å². The number of nitrogens with two attached hydrogens (primary N) is 1. The summed E-state index contributed by atoms with van der Waals surface area (Å²) in [5.74, 6) is -0.544. The van der Waals surface area contributed by atoms with Crippen LogP contribution in [-0.4, -0.2) is 64.5 Å². The van der Waals surface area contributed by atoms with Crippen molar-refractivity contribution in [3.8, 4) is 0 Å². The highest BCUT2D eigenvalue weighted by Gasteiger charge is 2.37. The van der Waals surface area contributed by atoms with Gasteiger partial charge in [0.05, 0.1) is 6.04 Å². The Bertz CT molecular complexity index is 392. The number of amides is 1. The second kappa shape index (κ2) is 6.75. The summed E-state index contributed by atoms with van der Waals surface area (Å²) in [5.41, 5.74) is 5.93. The molecule has 2 aliphatic heterocycles. The summed E-state index contributed by atoms with van der Waals surface area (Å²) in [4.78, 5) is 27.5. The van der Waals surface area contributed by atoms with E-state index < -0.39 is 12.0 Å². The van der Waals surface area contributed by atoms with E-state index in [1.165, 1.54) is 0 Å². The summed E-state index contributed by atoms with van der Waals surface area (Å²) in [6.07, 6.45) is 3.39. The number of likely N-dealkylation sites (tertiary alicyclic amines) is 2. The summed E-state index contributed by atoms with van der Waals surface area (Å²) in [6, 6.07) is -0.483. The molecule has 0 bridgehead atoms. The lowest BCUT2D eigenvalue weighted by Crippen LogP contribution is -2.53. The Hall–Kier alpha value is -1.14. The van der Waals surface area contributed by atoms with E-state index in [9.17, 15) is 14.7 Å². The molecular weight excluding hydrogens is 270 g/mol. The number of piperidine rings is 1. The molecule has 1 unspecified atom stereocenters. The molecule has 6 heteroatoms.